The molecule has 0 spiro atoms. The van der Waals surface area contributed by atoms with Gasteiger partial charge in [-0.15, -0.1) is 0 Å². The Morgan fingerprint density at radius 1 is 0.333 bits per heavy atom. The summed E-state index contributed by atoms with van der Waals surface area (Å²) in [5.41, 5.74) is 0. The lowest BCUT2D eigenvalue weighted by Crippen LogP contribution is -2.45. The Morgan fingerprint density at radius 3 is 0.733 bits per heavy atom. The summed E-state index contributed by atoms with van der Waals surface area (Å²) < 4.78 is 0. The molecule has 0 fully saturated rings. The van der Waals surface area contributed by atoms with Gasteiger partial charge in [-0.2, -0.15) is 0 Å². The normalized spacial score (nSPS) is 12.4. The second-order valence-electron chi connectivity index (χ2n) is 18.9. The van der Waals surface area contributed by atoms with Crippen molar-refractivity contribution in [2.75, 3.05) is 27.2 Å². The Hall–Kier alpha value is -1.14. The van der Waals surface area contributed by atoms with E-state index in [9.17, 15) is 9.59 Å². The number of nitrogens with zero attached hydrogens (tertiary/aromatic N) is 2. The topological polar surface area (TPSA) is 64.7 Å². The van der Waals surface area contributed by atoms with E-state index >= 15 is 0 Å². The lowest BCUT2D eigenvalue weighted by atomic mass is 10.0. The quantitative estimate of drug-likeness (QED) is 0.0473. The molecule has 0 aliphatic heterocycles. The Labute approximate surface area is 378 Å². The SMILES string of the molecule is CCCCCCCCCCCCCCCCCCCCCC(=O)NC(C)N(C)C.CCCCCCCCCCCCCCCCCCCCCC(=O)NC(C)N(CC)CC. The smallest absolute Gasteiger partial charge is 0.221 e. The van der Waals surface area contributed by atoms with E-state index in [1.165, 1.54) is 231 Å². The van der Waals surface area contributed by atoms with Crippen molar-refractivity contribution in [1.29, 1.82) is 0 Å². The number of hydrogen-bond donors (Lipinski definition) is 2. The van der Waals surface area contributed by atoms with Crippen molar-refractivity contribution < 1.29 is 9.59 Å². The van der Waals surface area contributed by atoms with Gasteiger partial charge >= 0.3 is 0 Å². The summed E-state index contributed by atoms with van der Waals surface area (Å²) in [6, 6.07) is 0. The maximum Gasteiger partial charge on any atom is 0.221 e. The Balaban J connectivity index is 0. The van der Waals surface area contributed by atoms with E-state index in [2.05, 4.69) is 50.2 Å². The molecular weight excluding hydrogens is 737 g/mol. The molecule has 6 heteroatoms. The zero-order valence-electron chi connectivity index (χ0n) is 42.6. The molecule has 0 aliphatic rings. The van der Waals surface area contributed by atoms with Crippen molar-refractivity contribution in [3.05, 3.63) is 0 Å². The van der Waals surface area contributed by atoms with Crippen molar-refractivity contribution in [3.63, 3.8) is 0 Å². The number of rotatable bonds is 46. The van der Waals surface area contributed by atoms with Gasteiger partial charge in [0.25, 0.3) is 0 Å². The lowest BCUT2D eigenvalue weighted by molar-refractivity contribution is -0.123. The zero-order chi connectivity index (χ0) is 44.6. The van der Waals surface area contributed by atoms with Gasteiger partial charge in [0.1, 0.15) is 0 Å². The molecule has 0 aromatic rings. The highest BCUT2D eigenvalue weighted by molar-refractivity contribution is 5.76. The van der Waals surface area contributed by atoms with E-state index < -0.39 is 0 Å². The molecule has 360 valence electrons. The molecule has 0 heterocycles. The van der Waals surface area contributed by atoms with Gasteiger partial charge in [0.2, 0.25) is 11.8 Å². The molecule has 2 unspecified atom stereocenters. The fraction of sp³-hybridized carbons (Fsp3) is 0.963. The lowest BCUT2D eigenvalue weighted by Gasteiger charge is -2.27. The van der Waals surface area contributed by atoms with Gasteiger partial charge < -0.3 is 10.6 Å². The van der Waals surface area contributed by atoms with Crippen LogP contribution in [0.25, 0.3) is 0 Å². The van der Waals surface area contributed by atoms with Crippen molar-refractivity contribution in [2.24, 2.45) is 0 Å². The molecule has 2 amide bonds. The first kappa shape index (κ1) is 60.9. The number of nitrogens with one attached hydrogen (secondary N) is 2. The zero-order valence-corrected chi connectivity index (χ0v) is 42.6. The second kappa shape index (κ2) is 50.5. The fourth-order valence-corrected chi connectivity index (χ4v) is 8.33. The second-order valence-corrected chi connectivity index (χ2v) is 18.9. The Kier molecular flexibility index (Phi) is 51.3. The van der Waals surface area contributed by atoms with E-state index in [0.717, 1.165) is 25.9 Å². The first-order chi connectivity index (χ1) is 29.2. The molecule has 6 nitrogen and oxygen atoms in total. The van der Waals surface area contributed by atoms with Crippen LogP contribution in [0.5, 0.6) is 0 Å². The minimum Gasteiger partial charge on any atom is -0.341 e. The summed E-state index contributed by atoms with van der Waals surface area (Å²) in [4.78, 5) is 28.1. The van der Waals surface area contributed by atoms with E-state index in [1.807, 2.05) is 25.9 Å². The van der Waals surface area contributed by atoms with Crippen molar-refractivity contribution in [1.82, 2.24) is 20.4 Å². The van der Waals surface area contributed by atoms with E-state index in [4.69, 9.17) is 0 Å². The molecule has 0 aromatic heterocycles. The van der Waals surface area contributed by atoms with E-state index in [1.54, 1.807) is 0 Å². The highest BCUT2D eigenvalue weighted by Crippen LogP contribution is 2.17. The van der Waals surface area contributed by atoms with Crippen LogP contribution >= 0.6 is 0 Å². The van der Waals surface area contributed by atoms with Crippen LogP contribution in [0.1, 0.15) is 298 Å². The van der Waals surface area contributed by atoms with Crippen molar-refractivity contribution in [2.45, 2.75) is 311 Å². The molecule has 0 aromatic carbocycles. The molecule has 2 atom stereocenters. The summed E-state index contributed by atoms with van der Waals surface area (Å²) in [6.07, 6.45) is 54.4. The predicted octanol–water partition coefficient (Wildman–Crippen LogP) is 16.4. The predicted molar refractivity (Wildman–Crippen MR) is 268 cm³/mol. The van der Waals surface area contributed by atoms with Crippen LogP contribution in [0, 0.1) is 0 Å². The molecule has 0 saturated heterocycles. The number of carbonyl (C=O) groups is 2. The fourth-order valence-electron chi connectivity index (χ4n) is 8.33. The third kappa shape index (κ3) is 47.9. The van der Waals surface area contributed by atoms with E-state index in [-0.39, 0.29) is 24.1 Å². The molecule has 0 saturated carbocycles. The van der Waals surface area contributed by atoms with Crippen molar-refractivity contribution >= 4 is 11.8 Å². The minimum atomic E-state index is 0.128. The first-order valence-electron chi connectivity index (χ1n) is 27.2. The summed E-state index contributed by atoms with van der Waals surface area (Å²) >= 11 is 0. The standard InChI is InChI=1S/C28H58N2O.C26H54N2O/c1-5-8-9-10-11-12-13-14-15-16-17-18-19-20-21-22-23-24-25-26-28(31)29-27(4)30(6-2)7-3;1-5-6-7-8-9-10-11-12-13-14-15-16-17-18-19-20-21-22-23-24-26(29)27-25(2)28(3)4/h27H,5-26H2,1-4H3,(H,29,31);25H,5-24H2,1-4H3,(H,27,29). The molecule has 0 bridgehead atoms. The highest BCUT2D eigenvalue weighted by atomic mass is 16.2. The van der Waals surface area contributed by atoms with Gasteiger partial charge in [0.15, 0.2) is 0 Å². The van der Waals surface area contributed by atoms with Gasteiger partial charge in [-0.25, -0.2) is 0 Å². The molecule has 2 N–H and O–H groups in total. The Morgan fingerprint density at radius 2 is 0.533 bits per heavy atom. The van der Waals surface area contributed by atoms with Crippen LogP contribution in [-0.2, 0) is 9.59 Å². The first-order valence-corrected chi connectivity index (χ1v) is 27.2. The van der Waals surface area contributed by atoms with E-state index in [0.29, 0.717) is 12.8 Å². The number of carbonyl (C=O) groups excluding carboxylic acids is 2. The van der Waals surface area contributed by atoms with Gasteiger partial charge in [0, 0.05) is 12.8 Å². The molecule has 0 radical (unpaired) electrons. The third-order valence-corrected chi connectivity index (χ3v) is 12.9. The van der Waals surface area contributed by atoms with Crippen LogP contribution in [0.15, 0.2) is 0 Å². The third-order valence-electron chi connectivity index (χ3n) is 12.9. The van der Waals surface area contributed by atoms with Crippen LogP contribution in [0.2, 0.25) is 0 Å². The Bertz CT molecular complexity index is 848. The van der Waals surface area contributed by atoms with Gasteiger partial charge in [-0.1, -0.05) is 259 Å². The van der Waals surface area contributed by atoms with Crippen LogP contribution < -0.4 is 10.6 Å². The number of hydrogen-bond acceptors (Lipinski definition) is 4. The monoisotopic (exact) mass is 849 g/mol. The highest BCUT2D eigenvalue weighted by Gasteiger charge is 2.12. The molecule has 0 rings (SSSR count). The summed E-state index contributed by atoms with van der Waals surface area (Å²) in [7, 11) is 3.98. The molecule has 60 heavy (non-hydrogen) atoms. The summed E-state index contributed by atoms with van der Waals surface area (Å²) in [5, 5.41) is 6.15. The largest absolute Gasteiger partial charge is 0.341 e. The minimum absolute atomic E-state index is 0.128. The molecular formula is C54H112N4O2. The number of amides is 2. The average Bonchev–Trinajstić information content (AvgIpc) is 3.23. The van der Waals surface area contributed by atoms with Gasteiger partial charge in [-0.05, 0) is 53.9 Å². The molecule has 0 aliphatic carbocycles. The van der Waals surface area contributed by atoms with Crippen LogP contribution in [0.4, 0.5) is 0 Å². The van der Waals surface area contributed by atoms with Crippen LogP contribution in [0.3, 0.4) is 0 Å². The summed E-state index contributed by atoms with van der Waals surface area (Å²) in [6.45, 7) is 14.9. The van der Waals surface area contributed by atoms with Crippen molar-refractivity contribution in [3.8, 4) is 0 Å². The van der Waals surface area contributed by atoms with Gasteiger partial charge in [-0.3, -0.25) is 19.4 Å². The maximum atomic E-state index is 12.0. The number of unbranched alkanes of at least 4 members (excludes halogenated alkanes) is 36. The summed E-state index contributed by atoms with van der Waals surface area (Å²) in [5.74, 6) is 0.407. The average molecular weight is 850 g/mol. The van der Waals surface area contributed by atoms with Crippen LogP contribution in [-0.4, -0.2) is 61.1 Å². The maximum absolute atomic E-state index is 12.0. The van der Waals surface area contributed by atoms with Gasteiger partial charge in [0.05, 0.1) is 12.3 Å².